The molecule has 37 heavy (non-hydrogen) atoms. The van der Waals surface area contributed by atoms with Crippen LogP contribution in [0.15, 0.2) is 60.0 Å². The number of methoxy groups -OCH3 is 2. The van der Waals surface area contributed by atoms with E-state index in [1.54, 1.807) is 41.8 Å². The van der Waals surface area contributed by atoms with Crippen molar-refractivity contribution in [1.29, 1.82) is 0 Å². The second-order valence-electron chi connectivity index (χ2n) is 9.52. The molecule has 0 aliphatic heterocycles. The van der Waals surface area contributed by atoms with Gasteiger partial charge in [0.05, 0.1) is 25.6 Å². The Balaban J connectivity index is 2.09. The largest absolute Gasteiger partial charge is 0.493 e. The minimum Gasteiger partial charge on any atom is -0.493 e. The molecule has 0 radical (unpaired) electrons. The smallest absolute Gasteiger partial charge is 0.261 e. The van der Waals surface area contributed by atoms with E-state index in [9.17, 15) is 14.4 Å². The molecule has 0 fully saturated rings. The zero-order chi connectivity index (χ0) is 27.2. The lowest BCUT2D eigenvalue weighted by Crippen LogP contribution is -2.51. The van der Waals surface area contributed by atoms with Crippen LogP contribution in [0.4, 0.5) is 5.69 Å². The van der Waals surface area contributed by atoms with E-state index in [2.05, 4.69) is 10.6 Å². The fraction of sp³-hybridized carbons (Fsp3) is 0.321. The number of nitrogens with zero attached hydrogens (tertiary/aromatic N) is 1. The third-order valence-corrected chi connectivity index (χ3v) is 6.29. The highest BCUT2D eigenvalue weighted by molar-refractivity contribution is 7.12. The number of thiophene rings is 1. The molecule has 1 heterocycles. The predicted octanol–water partition coefficient (Wildman–Crippen LogP) is 4.49. The predicted molar refractivity (Wildman–Crippen MR) is 145 cm³/mol. The van der Waals surface area contributed by atoms with E-state index < -0.39 is 17.5 Å². The molecule has 8 nitrogen and oxygen atoms in total. The Kier molecular flexibility index (Phi) is 8.94. The van der Waals surface area contributed by atoms with Crippen molar-refractivity contribution >= 4 is 34.7 Å². The van der Waals surface area contributed by atoms with Crippen molar-refractivity contribution < 1.29 is 23.9 Å². The SMILES string of the molecule is COc1ccc(C(C(=O)NC(C)(C)C)N(C(=O)CNC(=O)c2cccs2)c2cccc(C)c2)cc1OC. The summed E-state index contributed by atoms with van der Waals surface area (Å²) in [6.45, 7) is 7.23. The molecule has 1 atom stereocenters. The van der Waals surface area contributed by atoms with Gasteiger partial charge in [0.15, 0.2) is 11.5 Å². The first-order valence-corrected chi connectivity index (χ1v) is 12.7. The Morgan fingerprint density at radius 3 is 2.30 bits per heavy atom. The summed E-state index contributed by atoms with van der Waals surface area (Å²) < 4.78 is 10.8. The van der Waals surface area contributed by atoms with Crippen molar-refractivity contribution in [3.63, 3.8) is 0 Å². The molecule has 3 aromatic rings. The van der Waals surface area contributed by atoms with Crippen molar-refractivity contribution in [2.45, 2.75) is 39.3 Å². The second kappa shape index (κ2) is 11.9. The molecule has 0 saturated carbocycles. The number of benzene rings is 2. The van der Waals surface area contributed by atoms with Crippen molar-refractivity contribution in [1.82, 2.24) is 10.6 Å². The topological polar surface area (TPSA) is 97.0 Å². The van der Waals surface area contributed by atoms with E-state index in [-0.39, 0.29) is 18.4 Å². The van der Waals surface area contributed by atoms with Gasteiger partial charge in [-0.3, -0.25) is 19.3 Å². The Morgan fingerprint density at radius 1 is 0.973 bits per heavy atom. The fourth-order valence-electron chi connectivity index (χ4n) is 3.83. The van der Waals surface area contributed by atoms with Gasteiger partial charge in [0, 0.05) is 11.2 Å². The summed E-state index contributed by atoms with van der Waals surface area (Å²) in [7, 11) is 3.04. The van der Waals surface area contributed by atoms with Gasteiger partial charge in [0.1, 0.15) is 6.04 Å². The normalized spacial score (nSPS) is 11.8. The molecule has 0 spiro atoms. The van der Waals surface area contributed by atoms with Crippen LogP contribution >= 0.6 is 11.3 Å². The standard InChI is InChI=1S/C28H33N3O5S/c1-18-9-7-10-20(15-18)31(24(32)17-29-26(33)23-11-8-14-37-23)25(27(34)30-28(2,3)4)19-12-13-21(35-5)22(16-19)36-6/h7-16,25H,17H2,1-6H3,(H,29,33)(H,30,34). The molecule has 1 unspecified atom stereocenters. The molecule has 0 bridgehead atoms. The number of nitrogens with one attached hydrogen (secondary N) is 2. The van der Waals surface area contributed by atoms with Crippen LogP contribution in [0.2, 0.25) is 0 Å². The number of anilines is 1. The summed E-state index contributed by atoms with van der Waals surface area (Å²) >= 11 is 1.28. The third kappa shape index (κ3) is 7.10. The summed E-state index contributed by atoms with van der Waals surface area (Å²) in [4.78, 5) is 42.0. The van der Waals surface area contributed by atoms with E-state index in [4.69, 9.17) is 9.47 Å². The molecule has 0 aliphatic carbocycles. The van der Waals surface area contributed by atoms with Gasteiger partial charge in [-0.1, -0.05) is 24.3 Å². The van der Waals surface area contributed by atoms with Crippen LogP contribution in [0.3, 0.4) is 0 Å². The molecule has 0 aliphatic rings. The maximum atomic E-state index is 13.8. The van der Waals surface area contributed by atoms with Crippen molar-refractivity contribution in [3.05, 3.63) is 76.0 Å². The molecule has 196 valence electrons. The number of carbonyl (C=O) groups is 3. The van der Waals surface area contributed by atoms with Gasteiger partial charge in [-0.2, -0.15) is 0 Å². The molecule has 3 rings (SSSR count). The van der Waals surface area contributed by atoms with Gasteiger partial charge in [-0.05, 0) is 74.5 Å². The average Bonchev–Trinajstić information content (AvgIpc) is 3.39. The van der Waals surface area contributed by atoms with E-state index in [0.29, 0.717) is 27.6 Å². The van der Waals surface area contributed by atoms with Crippen LogP contribution in [-0.4, -0.2) is 44.0 Å². The van der Waals surface area contributed by atoms with Gasteiger partial charge in [-0.15, -0.1) is 11.3 Å². The summed E-state index contributed by atoms with van der Waals surface area (Å²) in [5.74, 6) is -0.248. The molecule has 3 amide bonds. The molecular weight excluding hydrogens is 490 g/mol. The first-order valence-electron chi connectivity index (χ1n) is 11.8. The zero-order valence-corrected chi connectivity index (χ0v) is 22.8. The van der Waals surface area contributed by atoms with Gasteiger partial charge in [-0.25, -0.2) is 0 Å². The first kappa shape index (κ1) is 27.7. The molecule has 2 N–H and O–H groups in total. The zero-order valence-electron chi connectivity index (χ0n) is 22.0. The number of rotatable bonds is 9. The molecule has 2 aromatic carbocycles. The molecule has 0 saturated heterocycles. The minimum atomic E-state index is -1.05. The number of ether oxygens (including phenoxy) is 2. The number of carbonyl (C=O) groups excluding carboxylic acids is 3. The highest BCUT2D eigenvalue weighted by Crippen LogP contribution is 2.35. The van der Waals surface area contributed by atoms with E-state index in [1.807, 2.05) is 45.9 Å². The maximum absolute atomic E-state index is 13.8. The summed E-state index contributed by atoms with van der Waals surface area (Å²) in [5.41, 5.74) is 1.42. The Morgan fingerprint density at radius 2 is 1.70 bits per heavy atom. The highest BCUT2D eigenvalue weighted by Gasteiger charge is 2.35. The van der Waals surface area contributed by atoms with Gasteiger partial charge in [0.2, 0.25) is 11.8 Å². The molecule has 9 heteroatoms. The molecule has 1 aromatic heterocycles. The van der Waals surface area contributed by atoms with E-state index >= 15 is 0 Å². The van der Waals surface area contributed by atoms with Gasteiger partial charge >= 0.3 is 0 Å². The molecular formula is C28H33N3O5S. The number of hydrogen-bond donors (Lipinski definition) is 2. The Hall–Kier alpha value is -3.85. The van der Waals surface area contributed by atoms with Gasteiger partial charge < -0.3 is 20.1 Å². The van der Waals surface area contributed by atoms with Crippen LogP contribution in [0.5, 0.6) is 11.5 Å². The summed E-state index contributed by atoms with van der Waals surface area (Å²) in [6.07, 6.45) is 0. The fourth-order valence-corrected chi connectivity index (χ4v) is 4.47. The lowest BCUT2D eigenvalue weighted by atomic mass is 9.99. The van der Waals surface area contributed by atoms with E-state index in [1.165, 1.54) is 30.5 Å². The second-order valence-corrected chi connectivity index (χ2v) is 10.5. The number of amides is 3. The van der Waals surface area contributed by atoms with Crippen LogP contribution < -0.4 is 25.0 Å². The lowest BCUT2D eigenvalue weighted by molar-refractivity contribution is -0.127. The minimum absolute atomic E-state index is 0.294. The number of aryl methyl sites for hydroxylation is 1. The van der Waals surface area contributed by atoms with Crippen molar-refractivity contribution in [2.24, 2.45) is 0 Å². The van der Waals surface area contributed by atoms with Crippen LogP contribution in [0.1, 0.15) is 47.6 Å². The highest BCUT2D eigenvalue weighted by atomic mass is 32.1. The number of hydrogen-bond acceptors (Lipinski definition) is 6. The van der Waals surface area contributed by atoms with Crippen LogP contribution in [0.25, 0.3) is 0 Å². The monoisotopic (exact) mass is 523 g/mol. The average molecular weight is 524 g/mol. The quantitative estimate of drug-likeness (QED) is 0.431. The van der Waals surface area contributed by atoms with E-state index in [0.717, 1.165) is 5.56 Å². The third-order valence-electron chi connectivity index (χ3n) is 5.42. The van der Waals surface area contributed by atoms with Crippen LogP contribution in [-0.2, 0) is 9.59 Å². The maximum Gasteiger partial charge on any atom is 0.261 e. The van der Waals surface area contributed by atoms with Crippen molar-refractivity contribution in [2.75, 3.05) is 25.7 Å². The van der Waals surface area contributed by atoms with Gasteiger partial charge in [0.25, 0.3) is 5.91 Å². The summed E-state index contributed by atoms with van der Waals surface area (Å²) in [5, 5.41) is 7.48. The summed E-state index contributed by atoms with van der Waals surface area (Å²) in [6, 6.07) is 14.8. The van der Waals surface area contributed by atoms with Crippen molar-refractivity contribution in [3.8, 4) is 11.5 Å². The first-order chi connectivity index (χ1) is 17.5. The Labute approximate surface area is 221 Å². The Bertz CT molecular complexity index is 1250. The van der Waals surface area contributed by atoms with Crippen LogP contribution in [0, 0.1) is 6.92 Å². The lowest BCUT2D eigenvalue weighted by Gasteiger charge is -2.34.